The average molecular weight is 209 g/mol. The van der Waals surface area contributed by atoms with Crippen LogP contribution in [0.5, 0.6) is 5.75 Å². The minimum Gasteiger partial charge on any atom is -0.491 e. The lowest BCUT2D eigenvalue weighted by Crippen LogP contribution is -2.53. The van der Waals surface area contributed by atoms with Gasteiger partial charge in [-0.1, -0.05) is 12.1 Å². The van der Waals surface area contributed by atoms with Crippen LogP contribution in [-0.4, -0.2) is 19.2 Å². The second-order valence-corrected chi connectivity index (χ2v) is 4.26. The summed E-state index contributed by atoms with van der Waals surface area (Å²) in [5.74, 6) is 0.796. The summed E-state index contributed by atoms with van der Waals surface area (Å²) in [6.07, 6.45) is 0.153. The molecule has 0 bridgehead atoms. The molecular weight excluding hydrogens is 193 g/mol. The maximum Gasteiger partial charge on any atom is 0.160 e. The van der Waals surface area contributed by atoms with Crippen LogP contribution in [0.2, 0.25) is 0 Å². The Bertz CT molecular complexity index is 330. The van der Waals surface area contributed by atoms with E-state index in [1.165, 1.54) is 0 Å². The molecule has 0 radical (unpaired) electrons. The van der Waals surface area contributed by atoms with Crippen molar-refractivity contribution in [3.05, 3.63) is 29.8 Å². The molecule has 15 heavy (non-hydrogen) atoms. The van der Waals surface area contributed by atoms with Gasteiger partial charge in [0.15, 0.2) is 5.67 Å². The topological polar surface area (TPSA) is 21.3 Å². The molecule has 1 fully saturated rings. The Morgan fingerprint density at radius 1 is 1.27 bits per heavy atom. The zero-order chi connectivity index (χ0) is 10.9. The Morgan fingerprint density at radius 2 is 1.87 bits per heavy atom. The van der Waals surface area contributed by atoms with Gasteiger partial charge in [-0.15, -0.1) is 0 Å². The molecule has 0 unspecified atom stereocenters. The molecule has 1 aliphatic rings. The lowest BCUT2D eigenvalue weighted by molar-refractivity contribution is 0.0890. The van der Waals surface area contributed by atoms with E-state index in [0.717, 1.165) is 11.3 Å². The summed E-state index contributed by atoms with van der Waals surface area (Å²) >= 11 is 0. The molecule has 1 aromatic carbocycles. The van der Waals surface area contributed by atoms with Crippen LogP contribution >= 0.6 is 0 Å². The fraction of sp³-hybridized carbons (Fsp3) is 0.500. The van der Waals surface area contributed by atoms with Crippen LogP contribution in [0.1, 0.15) is 19.4 Å². The number of halogens is 1. The van der Waals surface area contributed by atoms with Crippen LogP contribution in [0.25, 0.3) is 0 Å². The first-order valence-electron chi connectivity index (χ1n) is 5.27. The molecule has 3 heteroatoms. The highest BCUT2D eigenvalue weighted by Crippen LogP contribution is 2.31. The van der Waals surface area contributed by atoms with E-state index in [4.69, 9.17) is 4.74 Å². The molecule has 0 spiro atoms. The Kier molecular flexibility index (Phi) is 2.65. The van der Waals surface area contributed by atoms with Gasteiger partial charge in [-0.05, 0) is 31.5 Å². The third kappa shape index (κ3) is 2.12. The zero-order valence-corrected chi connectivity index (χ0v) is 9.09. The maximum absolute atomic E-state index is 13.9. The van der Waals surface area contributed by atoms with E-state index in [9.17, 15) is 4.39 Å². The van der Waals surface area contributed by atoms with Crippen molar-refractivity contribution in [1.29, 1.82) is 0 Å². The molecule has 0 aromatic heterocycles. The van der Waals surface area contributed by atoms with Crippen molar-refractivity contribution < 1.29 is 9.13 Å². The lowest BCUT2D eigenvalue weighted by Gasteiger charge is -2.35. The van der Waals surface area contributed by atoms with Crippen molar-refractivity contribution in [1.82, 2.24) is 5.32 Å². The summed E-state index contributed by atoms with van der Waals surface area (Å²) in [4.78, 5) is 0. The first-order chi connectivity index (χ1) is 7.10. The quantitative estimate of drug-likeness (QED) is 0.824. The standard InChI is InChI=1S/C12H16FNO/c1-9(2)15-11-5-3-10(4-6-11)12(13)7-14-8-12/h3-6,9,14H,7-8H2,1-2H3. The first kappa shape index (κ1) is 10.4. The van der Waals surface area contributed by atoms with Crippen molar-refractivity contribution in [3.8, 4) is 5.75 Å². The summed E-state index contributed by atoms with van der Waals surface area (Å²) in [6.45, 7) is 4.77. The number of nitrogens with one attached hydrogen (secondary N) is 1. The van der Waals surface area contributed by atoms with E-state index in [-0.39, 0.29) is 6.10 Å². The second kappa shape index (κ2) is 3.81. The van der Waals surface area contributed by atoms with Crippen LogP contribution in [0.3, 0.4) is 0 Å². The zero-order valence-electron chi connectivity index (χ0n) is 9.09. The Balaban J connectivity index is 2.10. The van der Waals surface area contributed by atoms with Gasteiger partial charge in [0, 0.05) is 13.1 Å². The van der Waals surface area contributed by atoms with Crippen LogP contribution < -0.4 is 10.1 Å². The third-order valence-corrected chi connectivity index (χ3v) is 2.55. The molecule has 1 saturated heterocycles. The molecule has 82 valence electrons. The predicted octanol–water partition coefficient (Wildman–Crippen LogP) is 2.24. The van der Waals surface area contributed by atoms with E-state index in [0.29, 0.717) is 13.1 Å². The second-order valence-electron chi connectivity index (χ2n) is 4.26. The highest BCUT2D eigenvalue weighted by Gasteiger charge is 2.38. The molecular formula is C12H16FNO. The largest absolute Gasteiger partial charge is 0.491 e. The molecule has 0 aliphatic carbocycles. The van der Waals surface area contributed by atoms with Crippen LogP contribution in [0.4, 0.5) is 4.39 Å². The van der Waals surface area contributed by atoms with Gasteiger partial charge in [-0.25, -0.2) is 4.39 Å². The summed E-state index contributed by atoms with van der Waals surface area (Å²) in [5.41, 5.74) is -0.437. The number of ether oxygens (including phenoxy) is 1. The van der Waals surface area contributed by atoms with Gasteiger partial charge in [-0.2, -0.15) is 0 Å². The number of benzene rings is 1. The van der Waals surface area contributed by atoms with E-state index in [1.807, 2.05) is 26.0 Å². The Labute approximate surface area is 89.4 Å². The smallest absolute Gasteiger partial charge is 0.160 e. The van der Waals surface area contributed by atoms with Crippen molar-refractivity contribution in [2.24, 2.45) is 0 Å². The van der Waals surface area contributed by atoms with Gasteiger partial charge in [0.05, 0.1) is 6.10 Å². The summed E-state index contributed by atoms with van der Waals surface area (Å²) in [6, 6.07) is 7.26. The highest BCUT2D eigenvalue weighted by atomic mass is 19.1. The Morgan fingerprint density at radius 3 is 2.27 bits per heavy atom. The molecule has 1 aliphatic heterocycles. The van der Waals surface area contributed by atoms with E-state index < -0.39 is 5.67 Å². The molecule has 0 amide bonds. The van der Waals surface area contributed by atoms with Gasteiger partial charge in [-0.3, -0.25) is 0 Å². The molecule has 1 heterocycles. The van der Waals surface area contributed by atoms with Gasteiger partial charge in [0.2, 0.25) is 0 Å². The molecule has 1 aromatic rings. The maximum atomic E-state index is 13.9. The van der Waals surface area contributed by atoms with Gasteiger partial charge >= 0.3 is 0 Å². The number of hydrogen-bond acceptors (Lipinski definition) is 2. The summed E-state index contributed by atoms with van der Waals surface area (Å²) < 4.78 is 19.4. The van der Waals surface area contributed by atoms with Gasteiger partial charge < -0.3 is 10.1 Å². The van der Waals surface area contributed by atoms with Crippen LogP contribution in [0.15, 0.2) is 24.3 Å². The van der Waals surface area contributed by atoms with Gasteiger partial charge in [0.25, 0.3) is 0 Å². The monoisotopic (exact) mass is 209 g/mol. The fourth-order valence-corrected chi connectivity index (χ4v) is 1.65. The average Bonchev–Trinajstić information content (AvgIpc) is 2.14. The van der Waals surface area contributed by atoms with Crippen molar-refractivity contribution in [2.75, 3.05) is 13.1 Å². The van der Waals surface area contributed by atoms with E-state index in [2.05, 4.69) is 5.32 Å². The first-order valence-corrected chi connectivity index (χ1v) is 5.27. The minimum absolute atomic E-state index is 0.153. The van der Waals surface area contributed by atoms with Gasteiger partial charge in [0.1, 0.15) is 5.75 Å². The summed E-state index contributed by atoms with van der Waals surface area (Å²) in [5, 5.41) is 2.94. The van der Waals surface area contributed by atoms with Crippen molar-refractivity contribution in [3.63, 3.8) is 0 Å². The molecule has 0 atom stereocenters. The molecule has 2 nitrogen and oxygen atoms in total. The lowest BCUT2D eigenvalue weighted by atomic mass is 9.90. The molecule has 0 saturated carbocycles. The predicted molar refractivity (Wildman–Crippen MR) is 57.9 cm³/mol. The normalized spacial score (nSPS) is 18.7. The SMILES string of the molecule is CC(C)Oc1ccc(C2(F)CNC2)cc1. The molecule has 2 rings (SSSR count). The summed E-state index contributed by atoms with van der Waals surface area (Å²) in [7, 11) is 0. The Hall–Kier alpha value is -1.09. The van der Waals surface area contributed by atoms with Crippen LogP contribution in [0, 0.1) is 0 Å². The number of hydrogen-bond donors (Lipinski definition) is 1. The fourth-order valence-electron chi connectivity index (χ4n) is 1.65. The van der Waals surface area contributed by atoms with Crippen molar-refractivity contribution >= 4 is 0 Å². The van der Waals surface area contributed by atoms with E-state index >= 15 is 0 Å². The van der Waals surface area contributed by atoms with Crippen molar-refractivity contribution in [2.45, 2.75) is 25.6 Å². The number of rotatable bonds is 3. The minimum atomic E-state index is -1.17. The van der Waals surface area contributed by atoms with E-state index in [1.54, 1.807) is 12.1 Å². The highest BCUT2D eigenvalue weighted by molar-refractivity contribution is 5.33. The third-order valence-electron chi connectivity index (χ3n) is 2.55. The molecule has 1 N–H and O–H groups in total. The number of alkyl halides is 1. The van der Waals surface area contributed by atoms with Crippen LogP contribution in [-0.2, 0) is 5.67 Å².